The Bertz CT molecular complexity index is 767. The van der Waals surface area contributed by atoms with Crippen molar-refractivity contribution in [2.45, 2.75) is 20.0 Å². The van der Waals surface area contributed by atoms with E-state index < -0.39 is 6.61 Å². The summed E-state index contributed by atoms with van der Waals surface area (Å²) in [6.07, 6.45) is 0.0235. The third kappa shape index (κ3) is 6.04. The smallest absolute Gasteiger partial charge is 0.387 e. The summed E-state index contributed by atoms with van der Waals surface area (Å²) in [5.41, 5.74) is 1.48. The summed E-state index contributed by atoms with van der Waals surface area (Å²) < 4.78 is 28.4. The zero-order valence-corrected chi connectivity index (χ0v) is 13.9. The lowest BCUT2D eigenvalue weighted by atomic mass is 10.1. The highest BCUT2D eigenvalue weighted by Crippen LogP contribution is 2.26. The van der Waals surface area contributed by atoms with Gasteiger partial charge < -0.3 is 15.4 Å². The first-order valence-electron chi connectivity index (χ1n) is 7.24. The number of rotatable bonds is 6. The average Bonchev–Trinajstić information content (AvgIpc) is 2.51. The fourth-order valence-electron chi connectivity index (χ4n) is 2.07. The monoisotopic (exact) mass is 368 g/mol. The number of halogens is 3. The number of carbonyl (C=O) groups excluding carboxylic acids is 2. The van der Waals surface area contributed by atoms with Gasteiger partial charge in [-0.3, -0.25) is 9.59 Å². The van der Waals surface area contributed by atoms with Gasteiger partial charge in [-0.25, -0.2) is 0 Å². The van der Waals surface area contributed by atoms with E-state index >= 15 is 0 Å². The zero-order chi connectivity index (χ0) is 18.4. The molecule has 0 fully saturated rings. The van der Waals surface area contributed by atoms with Gasteiger partial charge in [0.05, 0.1) is 17.1 Å². The van der Waals surface area contributed by atoms with Gasteiger partial charge in [-0.2, -0.15) is 8.78 Å². The summed E-state index contributed by atoms with van der Waals surface area (Å²) in [6.45, 7) is -1.53. The molecule has 2 amide bonds. The molecule has 2 aromatic rings. The molecular formula is C17H15ClF2N2O3. The molecule has 0 saturated heterocycles. The van der Waals surface area contributed by atoms with Gasteiger partial charge in [0.25, 0.3) is 0 Å². The minimum absolute atomic E-state index is 0.0187. The maximum Gasteiger partial charge on any atom is 0.387 e. The van der Waals surface area contributed by atoms with E-state index in [2.05, 4.69) is 15.4 Å². The van der Waals surface area contributed by atoms with Crippen molar-refractivity contribution in [1.29, 1.82) is 0 Å². The van der Waals surface area contributed by atoms with E-state index in [1.165, 1.54) is 31.2 Å². The van der Waals surface area contributed by atoms with Crippen LogP contribution in [0.5, 0.6) is 5.75 Å². The highest BCUT2D eigenvalue weighted by molar-refractivity contribution is 6.33. The lowest BCUT2D eigenvalue weighted by Crippen LogP contribution is -2.15. The Hall–Kier alpha value is -2.67. The maximum absolute atomic E-state index is 12.1. The van der Waals surface area contributed by atoms with Crippen molar-refractivity contribution < 1.29 is 23.1 Å². The lowest BCUT2D eigenvalue weighted by molar-refractivity contribution is -0.116. The second-order valence-corrected chi connectivity index (χ2v) is 5.53. The third-order valence-corrected chi connectivity index (χ3v) is 3.40. The molecule has 0 spiro atoms. The van der Waals surface area contributed by atoms with Gasteiger partial charge in [-0.15, -0.1) is 0 Å². The van der Waals surface area contributed by atoms with Gasteiger partial charge in [0, 0.05) is 12.6 Å². The Balaban J connectivity index is 2.01. The van der Waals surface area contributed by atoms with E-state index in [9.17, 15) is 18.4 Å². The molecule has 0 aromatic heterocycles. The van der Waals surface area contributed by atoms with Crippen molar-refractivity contribution >= 4 is 34.8 Å². The number of benzene rings is 2. The van der Waals surface area contributed by atoms with Crippen LogP contribution in [0, 0.1) is 0 Å². The molecule has 2 N–H and O–H groups in total. The van der Waals surface area contributed by atoms with E-state index in [-0.39, 0.29) is 24.0 Å². The van der Waals surface area contributed by atoms with Crippen molar-refractivity contribution in [3.05, 3.63) is 53.1 Å². The SMILES string of the molecule is CC(=O)Nc1ccc(Cl)c(NC(=O)Cc2ccc(OC(F)F)cc2)c1. The van der Waals surface area contributed by atoms with Crippen LogP contribution in [0.1, 0.15) is 12.5 Å². The molecule has 2 aromatic carbocycles. The highest BCUT2D eigenvalue weighted by Gasteiger charge is 2.10. The van der Waals surface area contributed by atoms with E-state index in [4.69, 9.17) is 11.6 Å². The third-order valence-electron chi connectivity index (χ3n) is 3.07. The first kappa shape index (κ1) is 18.7. The number of amides is 2. The minimum atomic E-state index is -2.90. The predicted molar refractivity (Wildman–Crippen MR) is 91.2 cm³/mol. The molecule has 132 valence electrons. The van der Waals surface area contributed by atoms with Crippen molar-refractivity contribution in [2.75, 3.05) is 10.6 Å². The molecule has 8 heteroatoms. The van der Waals surface area contributed by atoms with Crippen molar-refractivity contribution in [1.82, 2.24) is 0 Å². The first-order valence-corrected chi connectivity index (χ1v) is 7.62. The van der Waals surface area contributed by atoms with Crippen LogP contribution in [0.2, 0.25) is 5.02 Å². The van der Waals surface area contributed by atoms with Crippen LogP contribution < -0.4 is 15.4 Å². The molecule has 0 atom stereocenters. The predicted octanol–water partition coefficient (Wildman–Crippen LogP) is 4.08. The van der Waals surface area contributed by atoms with Gasteiger partial charge in [0.2, 0.25) is 11.8 Å². The Morgan fingerprint density at radius 1 is 1.12 bits per heavy atom. The Morgan fingerprint density at radius 2 is 1.80 bits per heavy atom. The Morgan fingerprint density at radius 3 is 2.40 bits per heavy atom. The fraction of sp³-hybridized carbons (Fsp3) is 0.176. The van der Waals surface area contributed by atoms with Crippen molar-refractivity contribution in [3.63, 3.8) is 0 Å². The van der Waals surface area contributed by atoms with Crippen LogP contribution in [0.25, 0.3) is 0 Å². The average molecular weight is 369 g/mol. The molecule has 2 rings (SSSR count). The highest BCUT2D eigenvalue weighted by atomic mass is 35.5. The summed E-state index contributed by atoms with van der Waals surface area (Å²) in [5.74, 6) is -0.569. The van der Waals surface area contributed by atoms with Gasteiger partial charge in [-0.05, 0) is 35.9 Å². The lowest BCUT2D eigenvalue weighted by Gasteiger charge is -2.10. The molecule has 0 heterocycles. The molecule has 0 radical (unpaired) electrons. The van der Waals surface area contributed by atoms with E-state index in [1.54, 1.807) is 18.2 Å². The molecule has 0 saturated carbocycles. The molecule has 0 aliphatic rings. The fourth-order valence-corrected chi connectivity index (χ4v) is 2.24. The first-order chi connectivity index (χ1) is 11.8. The van der Waals surface area contributed by atoms with E-state index in [1.807, 2.05) is 0 Å². The number of ether oxygens (including phenoxy) is 1. The van der Waals surface area contributed by atoms with Gasteiger partial charge in [0.1, 0.15) is 5.75 Å². The van der Waals surface area contributed by atoms with Crippen LogP contribution >= 0.6 is 11.6 Å². The number of alkyl halides is 2. The topological polar surface area (TPSA) is 67.4 Å². The van der Waals surface area contributed by atoms with Crippen LogP contribution in [0.15, 0.2) is 42.5 Å². The molecule has 25 heavy (non-hydrogen) atoms. The zero-order valence-electron chi connectivity index (χ0n) is 13.2. The molecule has 0 aliphatic carbocycles. The summed E-state index contributed by atoms with van der Waals surface area (Å²) in [5, 5.41) is 5.56. The van der Waals surface area contributed by atoms with Crippen LogP contribution in [-0.4, -0.2) is 18.4 Å². The largest absolute Gasteiger partial charge is 0.435 e. The number of hydrogen-bond acceptors (Lipinski definition) is 3. The Labute approximate surface area is 147 Å². The molecule has 5 nitrogen and oxygen atoms in total. The van der Waals surface area contributed by atoms with Crippen LogP contribution in [0.4, 0.5) is 20.2 Å². The number of hydrogen-bond donors (Lipinski definition) is 2. The van der Waals surface area contributed by atoms with Gasteiger partial charge >= 0.3 is 6.61 Å². The summed E-state index contributed by atoms with van der Waals surface area (Å²) >= 11 is 6.03. The number of nitrogens with one attached hydrogen (secondary N) is 2. The Kier molecular flexibility index (Phi) is 6.30. The van der Waals surface area contributed by atoms with E-state index in [0.717, 1.165) is 0 Å². The summed E-state index contributed by atoms with van der Waals surface area (Å²) in [4.78, 5) is 23.2. The van der Waals surface area contributed by atoms with Crippen LogP contribution in [0.3, 0.4) is 0 Å². The number of anilines is 2. The summed E-state index contributed by atoms with van der Waals surface area (Å²) in [7, 11) is 0. The minimum Gasteiger partial charge on any atom is -0.435 e. The standard InChI is InChI=1S/C17H15ClF2N2O3/c1-10(23)21-12-4-7-14(18)15(9-12)22-16(24)8-11-2-5-13(6-3-11)25-17(19)20/h2-7,9,17H,8H2,1H3,(H,21,23)(H,22,24). The summed E-state index contributed by atoms with van der Waals surface area (Å²) in [6, 6.07) is 10.5. The quantitative estimate of drug-likeness (QED) is 0.807. The van der Waals surface area contributed by atoms with Crippen molar-refractivity contribution in [3.8, 4) is 5.75 Å². The normalized spacial score (nSPS) is 10.4. The molecule has 0 unspecified atom stereocenters. The molecular weight excluding hydrogens is 354 g/mol. The van der Waals surface area contributed by atoms with Gasteiger partial charge in [0.15, 0.2) is 0 Å². The van der Waals surface area contributed by atoms with Gasteiger partial charge in [-0.1, -0.05) is 23.7 Å². The second-order valence-electron chi connectivity index (χ2n) is 5.12. The van der Waals surface area contributed by atoms with Crippen molar-refractivity contribution in [2.24, 2.45) is 0 Å². The molecule has 0 aliphatic heterocycles. The maximum atomic E-state index is 12.1. The molecule has 0 bridgehead atoms. The van der Waals surface area contributed by atoms with Crippen LogP contribution in [-0.2, 0) is 16.0 Å². The second kappa shape index (κ2) is 8.43. The van der Waals surface area contributed by atoms with E-state index in [0.29, 0.717) is 22.0 Å². The number of carbonyl (C=O) groups is 2.